The van der Waals surface area contributed by atoms with Gasteiger partial charge in [-0.1, -0.05) is 71.9 Å². The highest BCUT2D eigenvalue weighted by Crippen LogP contribution is 2.43. The molecule has 0 aliphatic heterocycles. The number of hydrogen-bond acceptors (Lipinski definition) is 3. The molecule has 1 unspecified atom stereocenters. The Kier molecular flexibility index (Phi) is 8.15. The monoisotopic (exact) mass is 359 g/mol. The highest BCUT2D eigenvalue weighted by Gasteiger charge is 2.37. The zero-order valence-electron chi connectivity index (χ0n) is 17.0. The molecule has 0 N–H and O–H groups in total. The number of aryl methyl sites for hydroxylation is 1. The van der Waals surface area contributed by atoms with Crippen molar-refractivity contribution in [3.8, 4) is 0 Å². The molecule has 0 heterocycles. The molecule has 1 aromatic rings. The van der Waals surface area contributed by atoms with Crippen LogP contribution < -0.4 is 0 Å². The maximum absolute atomic E-state index is 12.3. The van der Waals surface area contributed by atoms with Gasteiger partial charge in [0.25, 0.3) is 0 Å². The Balaban J connectivity index is 1.83. The Morgan fingerprint density at radius 2 is 1.81 bits per heavy atom. The van der Waals surface area contributed by atoms with E-state index in [-0.39, 0.29) is 5.41 Å². The Bertz CT molecular complexity index is 542. The smallest absolute Gasteiger partial charge is 0.292 e. The standard InChI is InChI=1S/C23H35O3/c1-5-6-7-8-11-18-14-16-19(17-15-18)22(24)26-25-21-13-10-9-12-20(21)23(2,3)4/h14-17,20H,5-13H2,1-4H3. The van der Waals surface area contributed by atoms with Crippen molar-refractivity contribution >= 4 is 5.97 Å². The first-order valence-electron chi connectivity index (χ1n) is 10.3. The van der Waals surface area contributed by atoms with E-state index in [9.17, 15) is 4.79 Å². The molecule has 1 aliphatic carbocycles. The Labute approximate surface area is 159 Å². The van der Waals surface area contributed by atoms with Gasteiger partial charge in [-0.05, 0) is 48.8 Å². The fraction of sp³-hybridized carbons (Fsp3) is 0.652. The summed E-state index contributed by atoms with van der Waals surface area (Å²) in [4.78, 5) is 23.0. The normalized spacial score (nSPS) is 18.7. The summed E-state index contributed by atoms with van der Waals surface area (Å²) in [7, 11) is 0. The molecule has 0 aromatic heterocycles. The molecule has 0 bridgehead atoms. The first kappa shape index (κ1) is 21.0. The molecule has 26 heavy (non-hydrogen) atoms. The maximum atomic E-state index is 12.3. The van der Waals surface area contributed by atoms with Crippen LogP contribution in [-0.2, 0) is 16.2 Å². The summed E-state index contributed by atoms with van der Waals surface area (Å²) in [5.74, 6) is -0.0668. The highest BCUT2D eigenvalue weighted by atomic mass is 17.2. The van der Waals surface area contributed by atoms with Crippen LogP contribution in [0.5, 0.6) is 0 Å². The van der Waals surface area contributed by atoms with E-state index in [0.717, 1.165) is 31.8 Å². The molecule has 1 radical (unpaired) electrons. The van der Waals surface area contributed by atoms with Gasteiger partial charge in [0.1, 0.15) is 0 Å². The van der Waals surface area contributed by atoms with Crippen molar-refractivity contribution in [3.63, 3.8) is 0 Å². The summed E-state index contributed by atoms with van der Waals surface area (Å²) in [6.45, 7) is 8.87. The van der Waals surface area contributed by atoms with Crippen LogP contribution in [0.25, 0.3) is 0 Å². The fourth-order valence-corrected chi connectivity index (χ4v) is 3.70. The van der Waals surface area contributed by atoms with Crippen LogP contribution in [0.15, 0.2) is 24.3 Å². The third-order valence-electron chi connectivity index (χ3n) is 5.33. The average molecular weight is 360 g/mol. The topological polar surface area (TPSA) is 35.5 Å². The van der Waals surface area contributed by atoms with Crippen LogP contribution in [-0.4, -0.2) is 5.97 Å². The van der Waals surface area contributed by atoms with E-state index in [1.54, 1.807) is 0 Å². The molecular weight excluding hydrogens is 324 g/mol. The molecule has 1 fully saturated rings. The zero-order chi connectivity index (χ0) is 19.0. The molecule has 2 rings (SSSR count). The van der Waals surface area contributed by atoms with Crippen molar-refractivity contribution in [1.82, 2.24) is 0 Å². The summed E-state index contributed by atoms with van der Waals surface area (Å²) in [6.07, 6.45) is 11.3. The summed E-state index contributed by atoms with van der Waals surface area (Å²) in [5, 5.41) is 0. The number of benzene rings is 1. The van der Waals surface area contributed by atoms with Crippen LogP contribution in [0.4, 0.5) is 0 Å². The third-order valence-corrected chi connectivity index (χ3v) is 5.33. The molecule has 1 saturated carbocycles. The number of carbonyl (C=O) groups excluding carboxylic acids is 1. The molecule has 3 heteroatoms. The van der Waals surface area contributed by atoms with Gasteiger partial charge in [0, 0.05) is 5.92 Å². The quantitative estimate of drug-likeness (QED) is 0.295. The van der Waals surface area contributed by atoms with Gasteiger partial charge in [0.05, 0.1) is 5.56 Å². The lowest BCUT2D eigenvalue weighted by Gasteiger charge is -2.37. The van der Waals surface area contributed by atoms with E-state index < -0.39 is 5.97 Å². The van der Waals surface area contributed by atoms with Gasteiger partial charge < -0.3 is 0 Å². The molecule has 1 atom stereocenters. The minimum absolute atomic E-state index is 0.127. The van der Waals surface area contributed by atoms with Gasteiger partial charge in [0.2, 0.25) is 0 Å². The van der Waals surface area contributed by atoms with Crippen molar-refractivity contribution in [1.29, 1.82) is 0 Å². The van der Waals surface area contributed by atoms with Crippen LogP contribution in [0, 0.1) is 17.4 Å². The molecule has 1 aromatic carbocycles. The largest absolute Gasteiger partial charge is 0.373 e. The van der Waals surface area contributed by atoms with Crippen LogP contribution in [0.2, 0.25) is 0 Å². The molecule has 3 nitrogen and oxygen atoms in total. The molecule has 0 saturated heterocycles. The van der Waals surface area contributed by atoms with Crippen molar-refractivity contribution in [3.05, 3.63) is 41.5 Å². The van der Waals surface area contributed by atoms with Gasteiger partial charge in [-0.3, -0.25) is 4.89 Å². The molecule has 0 spiro atoms. The molecule has 0 amide bonds. The van der Waals surface area contributed by atoms with E-state index in [0.29, 0.717) is 11.5 Å². The van der Waals surface area contributed by atoms with Gasteiger partial charge in [-0.2, -0.15) is 4.89 Å². The first-order chi connectivity index (χ1) is 12.4. The minimum Gasteiger partial charge on any atom is -0.292 e. The lowest BCUT2D eigenvalue weighted by Crippen LogP contribution is -2.31. The number of rotatable bonds is 8. The Morgan fingerprint density at radius 3 is 2.46 bits per heavy atom. The van der Waals surface area contributed by atoms with E-state index in [4.69, 9.17) is 9.78 Å². The van der Waals surface area contributed by atoms with E-state index in [1.165, 1.54) is 37.7 Å². The zero-order valence-corrected chi connectivity index (χ0v) is 17.0. The number of unbranched alkanes of at least 4 members (excludes halogenated alkanes) is 3. The Hall–Kier alpha value is -1.35. The van der Waals surface area contributed by atoms with Crippen molar-refractivity contribution in [2.75, 3.05) is 0 Å². The molecule has 145 valence electrons. The van der Waals surface area contributed by atoms with Gasteiger partial charge in [0.15, 0.2) is 6.10 Å². The van der Waals surface area contributed by atoms with Gasteiger partial charge in [-0.25, -0.2) is 4.79 Å². The summed E-state index contributed by atoms with van der Waals surface area (Å²) in [6, 6.07) is 7.73. The van der Waals surface area contributed by atoms with Gasteiger partial charge in [-0.15, -0.1) is 0 Å². The van der Waals surface area contributed by atoms with E-state index in [1.807, 2.05) is 24.3 Å². The molecular formula is C23H35O3. The number of hydrogen-bond donors (Lipinski definition) is 0. The summed E-state index contributed by atoms with van der Waals surface area (Å²) >= 11 is 0. The Morgan fingerprint density at radius 1 is 1.08 bits per heavy atom. The second-order valence-corrected chi connectivity index (χ2v) is 8.59. The van der Waals surface area contributed by atoms with E-state index >= 15 is 0 Å². The van der Waals surface area contributed by atoms with Crippen molar-refractivity contribution in [2.24, 2.45) is 11.3 Å². The van der Waals surface area contributed by atoms with Crippen molar-refractivity contribution in [2.45, 2.75) is 85.5 Å². The first-order valence-corrected chi connectivity index (χ1v) is 10.3. The predicted molar refractivity (Wildman–Crippen MR) is 105 cm³/mol. The second-order valence-electron chi connectivity index (χ2n) is 8.59. The lowest BCUT2D eigenvalue weighted by molar-refractivity contribution is -0.252. The maximum Gasteiger partial charge on any atom is 0.373 e. The highest BCUT2D eigenvalue weighted by molar-refractivity contribution is 5.88. The summed E-state index contributed by atoms with van der Waals surface area (Å²) in [5.41, 5.74) is 1.95. The van der Waals surface area contributed by atoms with Gasteiger partial charge >= 0.3 is 5.97 Å². The fourth-order valence-electron chi connectivity index (χ4n) is 3.70. The van der Waals surface area contributed by atoms with E-state index in [2.05, 4.69) is 27.7 Å². The number of carbonyl (C=O) groups is 1. The van der Waals surface area contributed by atoms with Crippen LogP contribution in [0.1, 0.15) is 95.0 Å². The average Bonchev–Trinajstić information content (AvgIpc) is 2.63. The SMILES string of the molecule is CCCCCCc1ccc(C(=O)OO[C]2CCCCC2C(C)(C)C)cc1. The molecule has 1 aliphatic rings. The minimum atomic E-state index is -0.409. The second kappa shape index (κ2) is 10.1. The van der Waals surface area contributed by atoms with Crippen molar-refractivity contribution < 1.29 is 14.6 Å². The third kappa shape index (κ3) is 6.42. The van der Waals surface area contributed by atoms with Crippen LogP contribution >= 0.6 is 0 Å². The predicted octanol–water partition coefficient (Wildman–Crippen LogP) is 6.67. The lowest BCUT2D eigenvalue weighted by atomic mass is 9.71. The van der Waals surface area contributed by atoms with Crippen LogP contribution in [0.3, 0.4) is 0 Å². The summed E-state index contributed by atoms with van der Waals surface area (Å²) < 4.78 is 0.